The molecular weight excluding hydrogens is 426 g/mol. The highest BCUT2D eigenvalue weighted by molar-refractivity contribution is 9.10. The number of aromatic nitrogens is 2. The van der Waals surface area contributed by atoms with Crippen molar-refractivity contribution in [3.05, 3.63) is 57.5 Å². The minimum Gasteiger partial charge on any atom is -0.411 e. The van der Waals surface area contributed by atoms with Gasteiger partial charge in [-0.2, -0.15) is 0 Å². The number of benzene rings is 2. The fraction of sp³-hybridized carbons (Fsp3) is 0.118. The molecule has 1 amide bonds. The van der Waals surface area contributed by atoms with Gasteiger partial charge >= 0.3 is 0 Å². The van der Waals surface area contributed by atoms with Crippen molar-refractivity contribution in [3.63, 3.8) is 0 Å². The first-order chi connectivity index (χ1) is 12.0. The summed E-state index contributed by atoms with van der Waals surface area (Å²) in [4.78, 5) is 12.0. The van der Waals surface area contributed by atoms with E-state index in [2.05, 4.69) is 31.4 Å². The zero-order valence-electron chi connectivity index (χ0n) is 13.1. The molecule has 1 N–H and O–H groups in total. The van der Waals surface area contributed by atoms with Gasteiger partial charge in [0.25, 0.3) is 5.22 Å². The maximum atomic E-state index is 12.0. The first-order valence-electron chi connectivity index (χ1n) is 7.29. The summed E-state index contributed by atoms with van der Waals surface area (Å²) in [5, 5.41) is 11.7. The standard InChI is InChI=1S/C17H13BrClN3O2S/c1-10-2-7-13(8-14(10)18)20-15(23)9-25-17-22-21-16(24-17)11-3-5-12(19)6-4-11/h2-8H,9H2,1H3,(H,20,23). The van der Waals surface area contributed by atoms with E-state index in [1.807, 2.05) is 25.1 Å². The number of rotatable bonds is 5. The topological polar surface area (TPSA) is 68.0 Å². The van der Waals surface area contributed by atoms with Crippen molar-refractivity contribution >= 4 is 50.9 Å². The van der Waals surface area contributed by atoms with E-state index in [4.69, 9.17) is 16.0 Å². The lowest BCUT2D eigenvalue weighted by Crippen LogP contribution is -2.14. The van der Waals surface area contributed by atoms with Crippen molar-refractivity contribution in [1.29, 1.82) is 0 Å². The Balaban J connectivity index is 1.57. The molecule has 0 atom stereocenters. The molecule has 1 heterocycles. The van der Waals surface area contributed by atoms with Gasteiger partial charge < -0.3 is 9.73 Å². The van der Waals surface area contributed by atoms with Crippen LogP contribution < -0.4 is 5.32 Å². The molecule has 2 aromatic carbocycles. The highest BCUT2D eigenvalue weighted by Gasteiger charge is 2.11. The first-order valence-corrected chi connectivity index (χ1v) is 9.45. The molecule has 0 spiro atoms. The number of hydrogen-bond donors (Lipinski definition) is 1. The fourth-order valence-electron chi connectivity index (χ4n) is 1.97. The average molecular weight is 439 g/mol. The minimum absolute atomic E-state index is 0.146. The molecule has 0 saturated heterocycles. The minimum atomic E-state index is -0.146. The molecular formula is C17H13BrClN3O2S. The third-order valence-corrected chi connectivity index (χ3v) is 5.20. The Kier molecular flexibility index (Phi) is 5.78. The largest absolute Gasteiger partial charge is 0.411 e. The first kappa shape index (κ1) is 18.0. The van der Waals surface area contributed by atoms with Crippen molar-refractivity contribution in [2.75, 3.05) is 11.1 Å². The van der Waals surface area contributed by atoms with Crippen molar-refractivity contribution < 1.29 is 9.21 Å². The number of hydrogen-bond acceptors (Lipinski definition) is 5. The monoisotopic (exact) mass is 437 g/mol. The molecule has 0 aliphatic rings. The maximum absolute atomic E-state index is 12.0. The summed E-state index contributed by atoms with van der Waals surface area (Å²) in [7, 11) is 0. The highest BCUT2D eigenvalue weighted by Crippen LogP contribution is 2.25. The van der Waals surface area contributed by atoms with Gasteiger partial charge in [-0.3, -0.25) is 4.79 Å². The van der Waals surface area contributed by atoms with Gasteiger partial charge in [0.2, 0.25) is 11.8 Å². The second-order valence-electron chi connectivity index (χ2n) is 5.18. The third-order valence-electron chi connectivity index (χ3n) is 3.28. The number of aryl methyl sites for hydroxylation is 1. The Morgan fingerprint density at radius 1 is 1.24 bits per heavy atom. The van der Waals surface area contributed by atoms with Crippen LogP contribution in [-0.2, 0) is 4.79 Å². The van der Waals surface area contributed by atoms with Crippen molar-refractivity contribution in [1.82, 2.24) is 10.2 Å². The molecule has 0 aliphatic carbocycles. The Labute approximate surface area is 162 Å². The van der Waals surface area contributed by atoms with E-state index < -0.39 is 0 Å². The molecule has 0 bridgehead atoms. The Bertz CT molecular complexity index is 899. The number of carbonyl (C=O) groups excluding carboxylic acids is 1. The lowest BCUT2D eigenvalue weighted by molar-refractivity contribution is -0.113. The number of nitrogens with zero attached hydrogens (tertiary/aromatic N) is 2. The summed E-state index contributed by atoms with van der Waals surface area (Å²) < 4.78 is 6.50. The molecule has 1 aromatic heterocycles. The van der Waals surface area contributed by atoms with E-state index in [9.17, 15) is 4.79 Å². The van der Waals surface area contributed by atoms with Crippen LogP contribution >= 0.6 is 39.3 Å². The number of halogens is 2. The molecule has 128 valence electrons. The smallest absolute Gasteiger partial charge is 0.277 e. The summed E-state index contributed by atoms with van der Waals surface area (Å²) in [6.45, 7) is 1.99. The number of nitrogens with one attached hydrogen (secondary N) is 1. The zero-order chi connectivity index (χ0) is 17.8. The van der Waals surface area contributed by atoms with Crippen molar-refractivity contribution in [2.24, 2.45) is 0 Å². The third kappa shape index (κ3) is 4.84. The SMILES string of the molecule is Cc1ccc(NC(=O)CSc2nnc(-c3ccc(Cl)cc3)o2)cc1Br. The molecule has 0 fully saturated rings. The van der Waals surface area contributed by atoms with Crippen LogP contribution in [0.1, 0.15) is 5.56 Å². The van der Waals surface area contributed by atoms with Crippen LogP contribution in [-0.4, -0.2) is 21.9 Å². The van der Waals surface area contributed by atoms with Crippen LogP contribution in [0.15, 0.2) is 56.6 Å². The molecule has 5 nitrogen and oxygen atoms in total. The summed E-state index contributed by atoms with van der Waals surface area (Å²) in [5.74, 6) is 0.419. The van der Waals surface area contributed by atoms with Gasteiger partial charge in [0.05, 0.1) is 5.75 Å². The van der Waals surface area contributed by atoms with Gasteiger partial charge in [-0.15, -0.1) is 10.2 Å². The summed E-state index contributed by atoms with van der Waals surface area (Å²) in [6, 6.07) is 12.8. The quantitative estimate of drug-likeness (QED) is 0.555. The Morgan fingerprint density at radius 3 is 2.72 bits per heavy atom. The van der Waals surface area contributed by atoms with Gasteiger partial charge in [0, 0.05) is 20.7 Å². The van der Waals surface area contributed by atoms with Crippen molar-refractivity contribution in [3.8, 4) is 11.5 Å². The van der Waals surface area contributed by atoms with Crippen molar-refractivity contribution in [2.45, 2.75) is 12.1 Å². The lowest BCUT2D eigenvalue weighted by atomic mass is 10.2. The van der Waals surface area contributed by atoms with E-state index >= 15 is 0 Å². The fourth-order valence-corrected chi connectivity index (χ4v) is 3.04. The molecule has 0 aliphatic heterocycles. The normalized spacial score (nSPS) is 10.7. The van der Waals surface area contributed by atoms with Gasteiger partial charge in [0.1, 0.15) is 0 Å². The Morgan fingerprint density at radius 2 is 2.00 bits per heavy atom. The maximum Gasteiger partial charge on any atom is 0.277 e. The van der Waals surface area contributed by atoms with Crippen LogP contribution in [0.3, 0.4) is 0 Å². The predicted octanol–water partition coefficient (Wildman–Crippen LogP) is 5.19. The van der Waals surface area contributed by atoms with Gasteiger partial charge in [-0.1, -0.05) is 45.4 Å². The van der Waals surface area contributed by atoms with Gasteiger partial charge in [-0.25, -0.2) is 0 Å². The predicted molar refractivity (Wildman–Crippen MR) is 103 cm³/mol. The van der Waals surface area contributed by atoms with E-state index in [1.54, 1.807) is 24.3 Å². The van der Waals surface area contributed by atoms with E-state index in [0.29, 0.717) is 16.1 Å². The molecule has 8 heteroatoms. The zero-order valence-corrected chi connectivity index (χ0v) is 16.3. The molecule has 3 aromatic rings. The molecule has 25 heavy (non-hydrogen) atoms. The number of carbonyl (C=O) groups is 1. The average Bonchev–Trinajstić information content (AvgIpc) is 3.06. The molecule has 0 unspecified atom stereocenters. The van der Waals surface area contributed by atoms with E-state index in [-0.39, 0.29) is 11.7 Å². The number of anilines is 1. The lowest BCUT2D eigenvalue weighted by Gasteiger charge is -2.06. The van der Waals surface area contributed by atoms with E-state index in [1.165, 1.54) is 11.8 Å². The summed E-state index contributed by atoms with van der Waals surface area (Å²) in [5.41, 5.74) is 2.61. The van der Waals surface area contributed by atoms with Gasteiger partial charge in [0.15, 0.2) is 0 Å². The molecule has 0 radical (unpaired) electrons. The molecule has 3 rings (SSSR count). The van der Waals surface area contributed by atoms with Crippen LogP contribution in [0.25, 0.3) is 11.5 Å². The second kappa shape index (κ2) is 8.03. The van der Waals surface area contributed by atoms with Crippen LogP contribution in [0.2, 0.25) is 5.02 Å². The number of thioether (sulfide) groups is 1. The van der Waals surface area contributed by atoms with Crippen LogP contribution in [0, 0.1) is 6.92 Å². The van der Waals surface area contributed by atoms with Crippen LogP contribution in [0.5, 0.6) is 0 Å². The Hall–Kier alpha value is -1.83. The van der Waals surface area contributed by atoms with E-state index in [0.717, 1.165) is 21.3 Å². The summed E-state index contributed by atoms with van der Waals surface area (Å²) in [6.07, 6.45) is 0. The number of amides is 1. The highest BCUT2D eigenvalue weighted by atomic mass is 79.9. The second-order valence-corrected chi connectivity index (χ2v) is 7.40. The van der Waals surface area contributed by atoms with Crippen LogP contribution in [0.4, 0.5) is 5.69 Å². The summed E-state index contributed by atoms with van der Waals surface area (Å²) >= 11 is 10.5. The molecule has 0 saturated carbocycles. The van der Waals surface area contributed by atoms with Gasteiger partial charge in [-0.05, 0) is 48.9 Å².